The zero-order valence-electron chi connectivity index (χ0n) is 14.2. The van der Waals surface area contributed by atoms with Gasteiger partial charge in [0.25, 0.3) is 0 Å². The summed E-state index contributed by atoms with van der Waals surface area (Å²) in [4.78, 5) is 23.0. The minimum atomic E-state index is -0.494. The number of H-pyrrole nitrogens is 1. The number of nitrogens with zero attached hydrogens (tertiary/aromatic N) is 4. The van der Waals surface area contributed by atoms with E-state index in [4.69, 9.17) is 9.73 Å². The van der Waals surface area contributed by atoms with Crippen LogP contribution >= 0.6 is 15.9 Å². The molecule has 0 radical (unpaired) electrons. The van der Waals surface area contributed by atoms with E-state index in [1.807, 2.05) is 32.9 Å². The Morgan fingerprint density at radius 2 is 2.16 bits per heavy atom. The number of aromatic nitrogens is 3. The highest BCUT2D eigenvalue weighted by Gasteiger charge is 2.41. The van der Waals surface area contributed by atoms with Gasteiger partial charge >= 0.3 is 6.09 Å². The van der Waals surface area contributed by atoms with E-state index in [0.29, 0.717) is 18.7 Å². The second-order valence-corrected chi connectivity index (χ2v) is 8.10. The van der Waals surface area contributed by atoms with E-state index in [2.05, 4.69) is 36.4 Å². The predicted octanol–water partition coefficient (Wildman–Crippen LogP) is 2.06. The molecule has 1 amide bonds. The summed E-state index contributed by atoms with van der Waals surface area (Å²) in [6.45, 7) is 6.71. The number of fused-ring (bicyclic) bond motifs is 2. The fraction of sp³-hybridized carbons (Fsp3) is 0.500. The van der Waals surface area contributed by atoms with Crippen LogP contribution in [0.3, 0.4) is 0 Å². The number of amidine groups is 1. The third kappa shape index (κ3) is 3.08. The van der Waals surface area contributed by atoms with Crippen molar-refractivity contribution in [2.75, 3.05) is 13.1 Å². The van der Waals surface area contributed by atoms with Crippen LogP contribution < -0.4 is 5.32 Å². The molecule has 2 aromatic rings. The average Bonchev–Trinajstić information content (AvgIpc) is 3.15. The Bertz CT molecular complexity index is 871. The van der Waals surface area contributed by atoms with Crippen molar-refractivity contribution in [2.45, 2.75) is 38.5 Å². The van der Waals surface area contributed by atoms with Gasteiger partial charge in [-0.3, -0.25) is 10.1 Å². The Hall–Kier alpha value is -2.16. The van der Waals surface area contributed by atoms with Gasteiger partial charge in [-0.25, -0.2) is 9.78 Å². The molecule has 0 aliphatic carbocycles. The first-order valence-corrected chi connectivity index (χ1v) is 8.93. The second-order valence-electron chi connectivity index (χ2n) is 7.28. The fourth-order valence-corrected chi connectivity index (χ4v) is 3.41. The molecule has 0 aromatic carbocycles. The molecule has 4 rings (SSSR count). The number of nitrogens with one attached hydrogen (secondary N) is 2. The maximum atomic E-state index is 12.2. The van der Waals surface area contributed by atoms with Crippen LogP contribution in [0.25, 0.3) is 11.0 Å². The maximum Gasteiger partial charge on any atom is 0.410 e. The third-order valence-electron chi connectivity index (χ3n) is 4.17. The van der Waals surface area contributed by atoms with Gasteiger partial charge in [-0.1, -0.05) is 0 Å². The average molecular weight is 407 g/mol. The Kier molecular flexibility index (Phi) is 3.71. The number of likely N-dealkylation sites (tertiary alicyclic amines) is 1. The van der Waals surface area contributed by atoms with E-state index in [1.54, 1.807) is 4.90 Å². The molecule has 0 spiro atoms. The van der Waals surface area contributed by atoms with Crippen molar-refractivity contribution in [1.82, 2.24) is 25.4 Å². The summed E-state index contributed by atoms with van der Waals surface area (Å²) < 4.78 is 6.19. The van der Waals surface area contributed by atoms with Gasteiger partial charge in [0.2, 0.25) is 0 Å². The van der Waals surface area contributed by atoms with Gasteiger partial charge in [-0.05, 0) is 48.8 Å². The lowest BCUT2D eigenvalue weighted by molar-refractivity contribution is 0.0289. The van der Waals surface area contributed by atoms with Crippen molar-refractivity contribution >= 4 is 38.9 Å². The number of pyridine rings is 1. The van der Waals surface area contributed by atoms with Crippen molar-refractivity contribution in [2.24, 2.45) is 4.99 Å². The Morgan fingerprint density at radius 1 is 1.36 bits per heavy atom. The summed E-state index contributed by atoms with van der Waals surface area (Å²) >= 11 is 3.35. The summed E-state index contributed by atoms with van der Waals surface area (Å²) in [7, 11) is 0. The summed E-state index contributed by atoms with van der Waals surface area (Å²) in [5.74, 6) is 0.745. The summed E-state index contributed by atoms with van der Waals surface area (Å²) in [5.41, 5.74) is 0.973. The van der Waals surface area contributed by atoms with E-state index in [9.17, 15) is 4.79 Å². The number of carbonyl (C=O) groups excluding carboxylic acids is 1. The molecule has 2 unspecified atom stereocenters. The Morgan fingerprint density at radius 3 is 2.88 bits per heavy atom. The molecule has 0 saturated carbocycles. The van der Waals surface area contributed by atoms with E-state index in [-0.39, 0.29) is 18.2 Å². The lowest BCUT2D eigenvalue weighted by atomic mass is 10.2. The quantitative estimate of drug-likeness (QED) is 0.706. The Labute approximate surface area is 153 Å². The minimum absolute atomic E-state index is 0.0117. The number of aromatic amines is 1. The molecule has 2 aliphatic rings. The van der Waals surface area contributed by atoms with E-state index in [1.165, 1.54) is 0 Å². The molecule has 2 N–H and O–H groups in total. The molecule has 1 fully saturated rings. The van der Waals surface area contributed by atoms with Crippen LogP contribution in [0.4, 0.5) is 4.79 Å². The molecule has 25 heavy (non-hydrogen) atoms. The van der Waals surface area contributed by atoms with Crippen LogP contribution in [0, 0.1) is 0 Å². The molecule has 2 aliphatic heterocycles. The van der Waals surface area contributed by atoms with E-state index in [0.717, 1.165) is 21.5 Å². The highest BCUT2D eigenvalue weighted by molar-refractivity contribution is 9.10. The van der Waals surface area contributed by atoms with Crippen molar-refractivity contribution in [3.63, 3.8) is 0 Å². The molecule has 132 valence electrons. The standard InChI is InChI=1S/C16H19BrN6O2/c1-16(2,3)25-15(24)23-6-9-10(7-23)19-14(18-9)12-8-4-5-11(17)20-13(8)22-21-12/h4-5,9-10H,6-7H2,1-3H3,(H,18,19)(H,20,21,22). The predicted molar refractivity (Wildman–Crippen MR) is 96.6 cm³/mol. The zero-order valence-corrected chi connectivity index (χ0v) is 15.8. The topological polar surface area (TPSA) is 95.5 Å². The number of halogens is 1. The molecular weight excluding hydrogens is 388 g/mol. The minimum Gasteiger partial charge on any atom is -0.444 e. The largest absolute Gasteiger partial charge is 0.444 e. The fourth-order valence-electron chi connectivity index (χ4n) is 3.10. The highest BCUT2D eigenvalue weighted by atomic mass is 79.9. The van der Waals surface area contributed by atoms with Crippen molar-refractivity contribution in [3.05, 3.63) is 22.4 Å². The monoisotopic (exact) mass is 406 g/mol. The number of carbonyl (C=O) groups is 1. The lowest BCUT2D eigenvalue weighted by Gasteiger charge is -2.24. The van der Waals surface area contributed by atoms with Crippen LogP contribution in [-0.4, -0.2) is 62.8 Å². The van der Waals surface area contributed by atoms with Gasteiger partial charge in [0, 0.05) is 13.1 Å². The number of hydrogen-bond donors (Lipinski definition) is 2. The van der Waals surface area contributed by atoms with Crippen LogP contribution in [-0.2, 0) is 4.74 Å². The smallest absolute Gasteiger partial charge is 0.410 e. The summed E-state index contributed by atoms with van der Waals surface area (Å²) in [6.07, 6.45) is -0.292. The normalized spacial score (nSPS) is 22.7. The van der Waals surface area contributed by atoms with Gasteiger partial charge in [-0.2, -0.15) is 5.10 Å². The van der Waals surface area contributed by atoms with E-state index < -0.39 is 5.60 Å². The highest BCUT2D eigenvalue weighted by Crippen LogP contribution is 2.24. The molecule has 2 aromatic heterocycles. The van der Waals surface area contributed by atoms with Gasteiger partial charge in [-0.15, -0.1) is 0 Å². The number of aliphatic imine (C=N–C) groups is 1. The first kappa shape index (κ1) is 16.3. The van der Waals surface area contributed by atoms with Crippen LogP contribution in [0.5, 0.6) is 0 Å². The Balaban J connectivity index is 1.51. The molecule has 1 saturated heterocycles. The number of hydrogen-bond acceptors (Lipinski definition) is 6. The van der Waals surface area contributed by atoms with Gasteiger partial charge < -0.3 is 15.0 Å². The van der Waals surface area contributed by atoms with Crippen LogP contribution in [0.2, 0.25) is 0 Å². The van der Waals surface area contributed by atoms with Crippen molar-refractivity contribution in [1.29, 1.82) is 0 Å². The summed E-state index contributed by atoms with van der Waals surface area (Å²) in [5, 5.41) is 11.6. The van der Waals surface area contributed by atoms with Crippen molar-refractivity contribution < 1.29 is 9.53 Å². The molecular formula is C16H19BrN6O2. The molecule has 2 atom stereocenters. The number of rotatable bonds is 1. The van der Waals surface area contributed by atoms with Gasteiger partial charge in [0.15, 0.2) is 11.5 Å². The van der Waals surface area contributed by atoms with Gasteiger partial charge in [0.05, 0.1) is 17.5 Å². The second kappa shape index (κ2) is 5.69. The number of amides is 1. The maximum absolute atomic E-state index is 12.2. The summed E-state index contributed by atoms with van der Waals surface area (Å²) in [6, 6.07) is 3.92. The third-order valence-corrected chi connectivity index (χ3v) is 4.61. The van der Waals surface area contributed by atoms with Crippen LogP contribution in [0.1, 0.15) is 26.5 Å². The van der Waals surface area contributed by atoms with Gasteiger partial charge in [0.1, 0.15) is 15.9 Å². The number of ether oxygens (including phenoxy) is 1. The molecule has 0 bridgehead atoms. The first-order valence-electron chi connectivity index (χ1n) is 8.13. The molecule has 4 heterocycles. The molecule has 9 heteroatoms. The zero-order chi connectivity index (χ0) is 17.8. The molecule has 8 nitrogen and oxygen atoms in total. The lowest BCUT2D eigenvalue weighted by Crippen LogP contribution is -2.39. The first-order chi connectivity index (χ1) is 11.8. The SMILES string of the molecule is CC(C)(C)OC(=O)N1CC2N=C(c3n[nH]c4nc(Br)ccc34)NC2C1. The van der Waals surface area contributed by atoms with E-state index >= 15 is 0 Å². The van der Waals surface area contributed by atoms with Crippen LogP contribution in [0.15, 0.2) is 21.7 Å². The van der Waals surface area contributed by atoms with Crippen molar-refractivity contribution in [3.8, 4) is 0 Å².